The predicted molar refractivity (Wildman–Crippen MR) is 87.1 cm³/mol. The molecule has 0 fully saturated rings. The highest BCUT2D eigenvalue weighted by atomic mass is 16.5. The second-order valence-corrected chi connectivity index (χ2v) is 4.96. The van der Waals surface area contributed by atoms with Crippen LogP contribution in [0.3, 0.4) is 0 Å². The van der Waals surface area contributed by atoms with Gasteiger partial charge < -0.3 is 10.5 Å². The number of hydrogen-bond acceptors (Lipinski definition) is 3. The first-order chi connectivity index (χ1) is 10.6. The number of nitrogen functional groups attached to an aromatic ring is 1. The van der Waals surface area contributed by atoms with E-state index in [2.05, 4.69) is 0 Å². The SMILES string of the molecule is COc1ccc(-n2c(C)c(N)c(=O)n2-c2ccccc2)cc1. The van der Waals surface area contributed by atoms with Crippen LogP contribution in [-0.2, 0) is 0 Å². The van der Waals surface area contributed by atoms with Crippen molar-refractivity contribution in [2.24, 2.45) is 0 Å². The lowest BCUT2D eigenvalue weighted by Gasteiger charge is -2.14. The number of methoxy groups -OCH3 is 1. The molecule has 0 bridgehead atoms. The Morgan fingerprint density at radius 1 is 0.909 bits per heavy atom. The summed E-state index contributed by atoms with van der Waals surface area (Å²) in [5, 5.41) is 0. The lowest BCUT2D eigenvalue weighted by molar-refractivity contribution is 0.414. The lowest BCUT2D eigenvalue weighted by Crippen LogP contribution is -2.21. The molecule has 2 aromatic carbocycles. The summed E-state index contributed by atoms with van der Waals surface area (Å²) in [5.41, 5.74) is 8.30. The molecule has 5 nitrogen and oxygen atoms in total. The second kappa shape index (κ2) is 5.44. The molecule has 22 heavy (non-hydrogen) atoms. The molecule has 0 saturated carbocycles. The van der Waals surface area contributed by atoms with E-state index in [9.17, 15) is 4.79 Å². The Balaban J connectivity index is 2.27. The van der Waals surface area contributed by atoms with Crippen molar-refractivity contribution in [3.8, 4) is 17.1 Å². The second-order valence-electron chi connectivity index (χ2n) is 4.96. The molecule has 0 unspecified atom stereocenters. The van der Waals surface area contributed by atoms with Crippen molar-refractivity contribution in [3.63, 3.8) is 0 Å². The van der Waals surface area contributed by atoms with Gasteiger partial charge in [-0.25, -0.2) is 9.36 Å². The molecule has 1 heterocycles. The maximum absolute atomic E-state index is 12.5. The average Bonchev–Trinajstić information content (AvgIpc) is 2.80. The zero-order valence-corrected chi connectivity index (χ0v) is 12.5. The van der Waals surface area contributed by atoms with Gasteiger partial charge >= 0.3 is 0 Å². The molecular formula is C17H17N3O2. The van der Waals surface area contributed by atoms with E-state index >= 15 is 0 Å². The van der Waals surface area contributed by atoms with E-state index in [0.717, 1.165) is 17.1 Å². The maximum Gasteiger partial charge on any atom is 0.295 e. The first-order valence-corrected chi connectivity index (χ1v) is 6.93. The van der Waals surface area contributed by atoms with Gasteiger partial charge in [-0.15, -0.1) is 0 Å². The van der Waals surface area contributed by atoms with Crippen LogP contribution in [0.2, 0.25) is 0 Å². The summed E-state index contributed by atoms with van der Waals surface area (Å²) in [7, 11) is 1.62. The molecular weight excluding hydrogens is 278 g/mol. The summed E-state index contributed by atoms with van der Waals surface area (Å²) in [6.45, 7) is 1.83. The van der Waals surface area contributed by atoms with Crippen molar-refractivity contribution in [1.82, 2.24) is 9.36 Å². The molecule has 0 atom stereocenters. The quantitative estimate of drug-likeness (QED) is 0.807. The van der Waals surface area contributed by atoms with E-state index in [1.54, 1.807) is 11.8 Å². The van der Waals surface area contributed by atoms with Crippen molar-refractivity contribution in [2.45, 2.75) is 6.92 Å². The summed E-state index contributed by atoms with van der Waals surface area (Å²) in [6, 6.07) is 16.9. The smallest absolute Gasteiger partial charge is 0.295 e. The molecule has 1 aromatic heterocycles. The predicted octanol–water partition coefficient (Wildman–Crippen LogP) is 2.53. The maximum atomic E-state index is 12.5. The van der Waals surface area contributed by atoms with Gasteiger partial charge in [0.15, 0.2) is 0 Å². The van der Waals surface area contributed by atoms with E-state index < -0.39 is 0 Å². The number of ether oxygens (including phenoxy) is 1. The Bertz CT molecular complexity index is 846. The monoisotopic (exact) mass is 295 g/mol. The highest BCUT2D eigenvalue weighted by molar-refractivity contribution is 5.50. The van der Waals surface area contributed by atoms with Crippen molar-refractivity contribution < 1.29 is 4.74 Å². The van der Waals surface area contributed by atoms with E-state index in [0.29, 0.717) is 5.69 Å². The summed E-state index contributed by atoms with van der Waals surface area (Å²) in [5.74, 6) is 0.759. The van der Waals surface area contributed by atoms with Gasteiger partial charge in [0, 0.05) is 0 Å². The first kappa shape index (κ1) is 14.0. The van der Waals surface area contributed by atoms with Crippen molar-refractivity contribution in [2.75, 3.05) is 12.8 Å². The van der Waals surface area contributed by atoms with Gasteiger partial charge in [-0.1, -0.05) is 18.2 Å². The van der Waals surface area contributed by atoms with E-state index in [1.807, 2.05) is 66.2 Å². The Morgan fingerprint density at radius 3 is 2.09 bits per heavy atom. The minimum Gasteiger partial charge on any atom is -0.497 e. The van der Waals surface area contributed by atoms with Crippen molar-refractivity contribution >= 4 is 5.69 Å². The molecule has 5 heteroatoms. The molecule has 3 rings (SSSR count). The standard InChI is InChI=1S/C17H17N3O2/c1-12-16(18)17(21)20(13-6-4-3-5-7-13)19(12)14-8-10-15(22-2)11-9-14/h3-11H,18H2,1-2H3. The fraction of sp³-hybridized carbons (Fsp3) is 0.118. The van der Waals surface area contributed by atoms with E-state index in [-0.39, 0.29) is 11.2 Å². The lowest BCUT2D eigenvalue weighted by atomic mass is 10.3. The first-order valence-electron chi connectivity index (χ1n) is 6.93. The molecule has 0 spiro atoms. The molecule has 0 amide bonds. The van der Waals surface area contributed by atoms with Gasteiger partial charge in [0.05, 0.1) is 24.2 Å². The number of aromatic nitrogens is 2. The molecule has 2 N–H and O–H groups in total. The van der Waals surface area contributed by atoms with Gasteiger partial charge in [-0.05, 0) is 43.3 Å². The van der Waals surface area contributed by atoms with Gasteiger partial charge in [0.25, 0.3) is 5.56 Å². The minimum atomic E-state index is -0.223. The van der Waals surface area contributed by atoms with E-state index in [1.165, 1.54) is 0 Å². The Labute approximate surface area is 128 Å². The number of nitrogens with zero attached hydrogens (tertiary/aromatic N) is 2. The fourth-order valence-electron chi connectivity index (χ4n) is 2.46. The van der Waals surface area contributed by atoms with Crippen molar-refractivity contribution in [1.29, 1.82) is 0 Å². The third kappa shape index (κ3) is 2.16. The Kier molecular flexibility index (Phi) is 3.47. The highest BCUT2D eigenvalue weighted by Crippen LogP contribution is 2.20. The van der Waals surface area contributed by atoms with Gasteiger partial charge in [-0.3, -0.25) is 4.79 Å². The molecule has 112 valence electrons. The third-order valence-corrected chi connectivity index (χ3v) is 3.65. The molecule has 0 saturated heterocycles. The summed E-state index contributed by atoms with van der Waals surface area (Å²) < 4.78 is 8.56. The fourth-order valence-corrected chi connectivity index (χ4v) is 2.46. The van der Waals surface area contributed by atoms with Crippen LogP contribution < -0.4 is 16.0 Å². The normalized spacial score (nSPS) is 10.6. The van der Waals surface area contributed by atoms with Crippen LogP contribution in [0.5, 0.6) is 5.75 Å². The van der Waals surface area contributed by atoms with Gasteiger partial charge in [0.2, 0.25) is 0 Å². The van der Waals surface area contributed by atoms with Crippen LogP contribution >= 0.6 is 0 Å². The molecule has 0 aliphatic carbocycles. The van der Waals surface area contributed by atoms with Gasteiger partial charge in [-0.2, -0.15) is 0 Å². The highest BCUT2D eigenvalue weighted by Gasteiger charge is 2.16. The zero-order chi connectivity index (χ0) is 15.7. The number of rotatable bonds is 3. The minimum absolute atomic E-state index is 0.223. The van der Waals surface area contributed by atoms with Crippen LogP contribution in [0.25, 0.3) is 11.4 Å². The number of nitrogens with two attached hydrogens (primary N) is 1. The van der Waals surface area contributed by atoms with Crippen LogP contribution in [0.15, 0.2) is 59.4 Å². The van der Waals surface area contributed by atoms with Crippen LogP contribution in [0.1, 0.15) is 5.69 Å². The Morgan fingerprint density at radius 2 is 1.50 bits per heavy atom. The summed E-state index contributed by atoms with van der Waals surface area (Å²) >= 11 is 0. The number of para-hydroxylation sites is 1. The molecule has 0 aliphatic rings. The summed E-state index contributed by atoms with van der Waals surface area (Å²) in [4.78, 5) is 12.5. The Hall–Kier alpha value is -2.95. The average molecular weight is 295 g/mol. The largest absolute Gasteiger partial charge is 0.497 e. The third-order valence-electron chi connectivity index (χ3n) is 3.65. The van der Waals surface area contributed by atoms with Crippen LogP contribution in [0.4, 0.5) is 5.69 Å². The van der Waals surface area contributed by atoms with Crippen molar-refractivity contribution in [3.05, 3.63) is 70.6 Å². The topological polar surface area (TPSA) is 62.2 Å². The number of benzene rings is 2. The van der Waals surface area contributed by atoms with E-state index in [4.69, 9.17) is 10.5 Å². The zero-order valence-electron chi connectivity index (χ0n) is 12.5. The molecule has 3 aromatic rings. The number of hydrogen-bond donors (Lipinski definition) is 1. The molecule has 0 radical (unpaired) electrons. The van der Waals surface area contributed by atoms with Crippen LogP contribution in [0, 0.1) is 6.92 Å². The van der Waals surface area contributed by atoms with Gasteiger partial charge in [0.1, 0.15) is 11.4 Å². The molecule has 0 aliphatic heterocycles. The number of anilines is 1. The summed E-state index contributed by atoms with van der Waals surface area (Å²) in [6.07, 6.45) is 0. The van der Waals surface area contributed by atoms with Crippen LogP contribution in [-0.4, -0.2) is 16.5 Å².